The molecule has 0 radical (unpaired) electrons. The minimum Gasteiger partial charge on any atom is -0.328 e. The molecule has 0 amide bonds. The van der Waals surface area contributed by atoms with Crippen LogP contribution in [0, 0.1) is 24.5 Å². The van der Waals surface area contributed by atoms with Crippen molar-refractivity contribution >= 4 is 28.4 Å². The van der Waals surface area contributed by atoms with Crippen LogP contribution < -0.4 is 5.32 Å². The van der Waals surface area contributed by atoms with Crippen molar-refractivity contribution < 1.29 is 8.78 Å². The van der Waals surface area contributed by atoms with Gasteiger partial charge < -0.3 is 14.8 Å². The van der Waals surface area contributed by atoms with E-state index in [1.54, 1.807) is 12.3 Å². The smallest absolute Gasteiger partial charge is 0.229 e. The Labute approximate surface area is 208 Å². The van der Waals surface area contributed by atoms with Crippen molar-refractivity contribution in [2.75, 3.05) is 25.5 Å². The summed E-state index contributed by atoms with van der Waals surface area (Å²) in [4.78, 5) is 19.5. The number of aromatic nitrogens is 5. The number of rotatable bonds is 6. The molecular weight excluding hydrogens is 460 g/mol. The minimum atomic E-state index is -0.642. The van der Waals surface area contributed by atoms with Gasteiger partial charge in [0.05, 0.1) is 11.7 Å². The average Bonchev–Trinajstić information content (AvgIpc) is 3.21. The van der Waals surface area contributed by atoms with Gasteiger partial charge in [-0.3, -0.25) is 0 Å². The Bertz CT molecular complexity index is 1420. The highest BCUT2D eigenvalue weighted by Gasteiger charge is 2.21. The van der Waals surface area contributed by atoms with Gasteiger partial charge in [-0.1, -0.05) is 6.58 Å². The van der Waals surface area contributed by atoms with E-state index in [9.17, 15) is 8.78 Å². The fourth-order valence-corrected chi connectivity index (χ4v) is 4.83. The maximum atomic E-state index is 14.8. The number of halogens is 2. The topological polar surface area (TPSA) is 71.8 Å². The second kappa shape index (κ2) is 9.73. The third-order valence-electron chi connectivity index (χ3n) is 6.92. The molecule has 1 aliphatic rings. The van der Waals surface area contributed by atoms with E-state index in [0.717, 1.165) is 43.3 Å². The van der Waals surface area contributed by atoms with Crippen molar-refractivity contribution in [2.24, 2.45) is 5.92 Å². The Morgan fingerprint density at radius 3 is 2.56 bits per heavy atom. The molecule has 0 bridgehead atoms. The van der Waals surface area contributed by atoms with Gasteiger partial charge in [-0.05, 0) is 88.1 Å². The monoisotopic (exact) mass is 489 g/mol. The van der Waals surface area contributed by atoms with E-state index in [1.165, 1.54) is 6.07 Å². The molecule has 1 saturated heterocycles. The first-order valence-electron chi connectivity index (χ1n) is 12.1. The van der Waals surface area contributed by atoms with E-state index in [-0.39, 0.29) is 17.2 Å². The first-order valence-corrected chi connectivity index (χ1v) is 12.1. The lowest BCUT2D eigenvalue weighted by Gasteiger charge is -2.30. The van der Waals surface area contributed by atoms with Crippen molar-refractivity contribution in [2.45, 2.75) is 33.2 Å². The summed E-state index contributed by atoms with van der Waals surface area (Å²) in [6.45, 7) is 10.8. The number of pyridine rings is 1. The van der Waals surface area contributed by atoms with Crippen molar-refractivity contribution in [3.8, 4) is 11.3 Å². The number of likely N-dealkylation sites (tertiary alicyclic amines) is 1. The zero-order valence-corrected chi connectivity index (χ0v) is 20.7. The standard InChI is InChI=1S/C27H29F2N7/c1-5-36-17(3)32-26-21(28)12-20(13-23(26)36)25-22(29)15-31-27(34-25)33-24-7-6-19(14-30-24)16(2)18-8-10-35(4)11-9-18/h6-7,12-15,18H,2,5,8-11H2,1,3-4H3,(H,30,31,33,34). The Kier molecular flexibility index (Phi) is 6.49. The Hall–Kier alpha value is -3.72. The highest BCUT2D eigenvalue weighted by atomic mass is 19.1. The van der Waals surface area contributed by atoms with Gasteiger partial charge in [-0.2, -0.15) is 0 Å². The normalized spacial score (nSPS) is 14.9. The van der Waals surface area contributed by atoms with E-state index >= 15 is 0 Å². The van der Waals surface area contributed by atoms with Crippen molar-refractivity contribution in [3.63, 3.8) is 0 Å². The lowest BCUT2D eigenvalue weighted by molar-refractivity contribution is 0.248. The highest BCUT2D eigenvalue weighted by Crippen LogP contribution is 2.31. The second-order valence-corrected chi connectivity index (χ2v) is 9.28. The summed E-state index contributed by atoms with van der Waals surface area (Å²) in [6.07, 6.45) is 5.04. The molecule has 0 atom stereocenters. The fraction of sp³-hybridized carbons (Fsp3) is 0.333. The summed E-state index contributed by atoms with van der Waals surface area (Å²) in [6, 6.07) is 6.76. The van der Waals surface area contributed by atoms with Crippen LogP contribution in [0.25, 0.3) is 27.9 Å². The molecule has 186 valence electrons. The molecule has 0 saturated carbocycles. The molecule has 7 nitrogen and oxygen atoms in total. The van der Waals surface area contributed by atoms with Crippen LogP contribution >= 0.6 is 0 Å². The molecule has 0 spiro atoms. The molecule has 9 heteroatoms. The molecule has 3 aromatic heterocycles. The van der Waals surface area contributed by atoms with E-state index < -0.39 is 11.6 Å². The first kappa shape index (κ1) is 24.0. The molecule has 4 heterocycles. The maximum Gasteiger partial charge on any atom is 0.229 e. The zero-order valence-electron chi connectivity index (χ0n) is 20.7. The molecule has 1 fully saturated rings. The molecule has 0 unspecified atom stereocenters. The van der Waals surface area contributed by atoms with Crippen LogP contribution in [0.15, 0.2) is 43.2 Å². The third-order valence-corrected chi connectivity index (χ3v) is 6.92. The van der Waals surface area contributed by atoms with E-state index in [0.29, 0.717) is 35.2 Å². The van der Waals surface area contributed by atoms with Crippen LogP contribution in [0.1, 0.15) is 31.2 Å². The lowest BCUT2D eigenvalue weighted by Crippen LogP contribution is -2.30. The Morgan fingerprint density at radius 2 is 1.86 bits per heavy atom. The van der Waals surface area contributed by atoms with Crippen LogP contribution in [0.5, 0.6) is 0 Å². The van der Waals surface area contributed by atoms with Gasteiger partial charge in [-0.15, -0.1) is 0 Å². The molecule has 36 heavy (non-hydrogen) atoms. The number of nitrogens with zero attached hydrogens (tertiary/aromatic N) is 6. The number of imidazole rings is 1. The summed E-state index contributed by atoms with van der Waals surface area (Å²) in [7, 11) is 2.14. The fourth-order valence-electron chi connectivity index (χ4n) is 4.83. The van der Waals surface area contributed by atoms with Crippen molar-refractivity contribution in [3.05, 3.63) is 66.3 Å². The van der Waals surface area contributed by atoms with Crippen LogP contribution in [-0.2, 0) is 6.54 Å². The number of hydrogen-bond donors (Lipinski definition) is 1. The predicted molar refractivity (Wildman–Crippen MR) is 138 cm³/mol. The summed E-state index contributed by atoms with van der Waals surface area (Å²) in [5, 5.41) is 3.02. The summed E-state index contributed by atoms with van der Waals surface area (Å²) >= 11 is 0. The van der Waals surface area contributed by atoms with Crippen LogP contribution in [-0.4, -0.2) is 49.5 Å². The summed E-state index contributed by atoms with van der Waals surface area (Å²) < 4.78 is 31.4. The number of fused-ring (bicyclic) bond motifs is 1. The van der Waals surface area contributed by atoms with Crippen molar-refractivity contribution in [1.29, 1.82) is 0 Å². The molecule has 1 aliphatic heterocycles. The van der Waals surface area contributed by atoms with Crippen molar-refractivity contribution in [1.82, 2.24) is 29.4 Å². The number of nitrogens with one attached hydrogen (secondary N) is 1. The largest absolute Gasteiger partial charge is 0.328 e. The first-order chi connectivity index (χ1) is 17.3. The SMILES string of the molecule is C=C(c1ccc(Nc2ncc(F)c(-c3cc(F)c4nc(C)n(CC)c4c3)n2)nc1)C1CCN(C)CC1. The highest BCUT2D eigenvalue weighted by molar-refractivity contribution is 5.83. The van der Waals surface area contributed by atoms with E-state index in [1.807, 2.05) is 30.5 Å². The predicted octanol–water partition coefficient (Wildman–Crippen LogP) is 5.59. The number of hydrogen-bond acceptors (Lipinski definition) is 6. The van der Waals surface area contributed by atoms with Gasteiger partial charge in [0.1, 0.15) is 22.9 Å². The molecule has 1 aromatic carbocycles. The maximum absolute atomic E-state index is 14.8. The minimum absolute atomic E-state index is 0.00192. The third kappa shape index (κ3) is 4.58. The van der Waals surface area contributed by atoms with E-state index in [2.05, 4.69) is 43.8 Å². The average molecular weight is 490 g/mol. The molecule has 5 rings (SSSR count). The number of benzene rings is 1. The molecular formula is C27H29F2N7. The van der Waals surface area contributed by atoms with Gasteiger partial charge in [0.15, 0.2) is 11.6 Å². The quantitative estimate of drug-likeness (QED) is 0.381. The Balaban J connectivity index is 1.38. The summed E-state index contributed by atoms with van der Waals surface area (Å²) in [5.74, 6) is 0.677. The van der Waals surface area contributed by atoms with E-state index in [4.69, 9.17) is 0 Å². The second-order valence-electron chi connectivity index (χ2n) is 9.28. The van der Waals surface area contributed by atoms with Gasteiger partial charge in [0, 0.05) is 18.3 Å². The number of allylic oxidation sites excluding steroid dienone is 1. The van der Waals surface area contributed by atoms with Gasteiger partial charge in [-0.25, -0.2) is 28.7 Å². The molecule has 0 aliphatic carbocycles. The van der Waals surface area contributed by atoms with Crippen LogP contribution in [0.4, 0.5) is 20.5 Å². The lowest BCUT2D eigenvalue weighted by atomic mass is 9.87. The van der Waals surface area contributed by atoms with Gasteiger partial charge >= 0.3 is 0 Å². The molecule has 1 N–H and O–H groups in total. The number of piperidine rings is 1. The summed E-state index contributed by atoms with van der Waals surface area (Å²) in [5.41, 5.74) is 3.28. The van der Waals surface area contributed by atoms with Gasteiger partial charge in [0.2, 0.25) is 5.95 Å². The zero-order chi connectivity index (χ0) is 25.4. The van der Waals surface area contributed by atoms with Crippen LogP contribution in [0.2, 0.25) is 0 Å². The number of anilines is 2. The van der Waals surface area contributed by atoms with Crippen LogP contribution in [0.3, 0.4) is 0 Å². The van der Waals surface area contributed by atoms with Gasteiger partial charge in [0.25, 0.3) is 0 Å². The number of aryl methyl sites for hydroxylation is 2. The molecule has 4 aromatic rings. The Morgan fingerprint density at radius 1 is 1.08 bits per heavy atom.